The maximum absolute atomic E-state index is 5.27. The Morgan fingerprint density at radius 3 is 2.00 bits per heavy atom. The molecule has 1 aromatic heterocycles. The number of anilines is 4. The highest BCUT2D eigenvalue weighted by molar-refractivity contribution is 5.59. The summed E-state index contributed by atoms with van der Waals surface area (Å²) < 4.78 is 0. The highest BCUT2D eigenvalue weighted by Gasteiger charge is 2.06. The zero-order chi connectivity index (χ0) is 13.0. The molecule has 0 saturated heterocycles. The summed E-state index contributed by atoms with van der Waals surface area (Å²) in [5.74, 6) is 11.3. The molecular weight excluding hydrogens is 232 g/mol. The standard InChI is InChI=1S/C10H14N8/c1-6-4-2-3-5-7(6)13-8-14-9(17-11)16-10(15-8)18-12/h2-5H,11-12H2,1H3,(H3,13,14,15,16,17,18). The molecule has 0 fully saturated rings. The summed E-state index contributed by atoms with van der Waals surface area (Å²) in [5, 5.41) is 3.07. The van der Waals surface area contributed by atoms with Gasteiger partial charge in [-0.15, -0.1) is 0 Å². The average molecular weight is 246 g/mol. The number of para-hydroxylation sites is 1. The minimum Gasteiger partial charge on any atom is -0.324 e. The summed E-state index contributed by atoms with van der Waals surface area (Å²) in [6, 6.07) is 7.77. The maximum atomic E-state index is 5.27. The Bertz CT molecular complexity index is 519. The van der Waals surface area contributed by atoms with E-state index in [4.69, 9.17) is 11.7 Å². The SMILES string of the molecule is Cc1ccccc1Nc1nc(NN)nc(NN)n1. The van der Waals surface area contributed by atoms with Crippen molar-refractivity contribution in [2.24, 2.45) is 11.7 Å². The topological polar surface area (TPSA) is 127 Å². The van der Waals surface area contributed by atoms with Gasteiger partial charge in [-0.2, -0.15) is 15.0 Å². The summed E-state index contributed by atoms with van der Waals surface area (Å²) in [5.41, 5.74) is 6.66. The Morgan fingerprint density at radius 2 is 1.44 bits per heavy atom. The third kappa shape index (κ3) is 2.62. The Hall–Kier alpha value is -2.45. The van der Waals surface area contributed by atoms with Crippen molar-refractivity contribution in [3.63, 3.8) is 0 Å². The Kier molecular flexibility index (Phi) is 3.51. The van der Waals surface area contributed by atoms with E-state index in [2.05, 4.69) is 31.1 Å². The van der Waals surface area contributed by atoms with Gasteiger partial charge in [0.1, 0.15) is 0 Å². The quantitative estimate of drug-likeness (QED) is 0.390. The smallest absolute Gasteiger partial charge is 0.243 e. The van der Waals surface area contributed by atoms with Gasteiger partial charge in [0.05, 0.1) is 0 Å². The average Bonchev–Trinajstić information content (AvgIpc) is 2.41. The fourth-order valence-corrected chi connectivity index (χ4v) is 1.39. The van der Waals surface area contributed by atoms with Crippen LogP contribution in [0.2, 0.25) is 0 Å². The van der Waals surface area contributed by atoms with E-state index in [9.17, 15) is 0 Å². The first-order valence-corrected chi connectivity index (χ1v) is 5.25. The number of nitrogens with zero attached hydrogens (tertiary/aromatic N) is 3. The summed E-state index contributed by atoms with van der Waals surface area (Å²) in [7, 11) is 0. The van der Waals surface area contributed by atoms with Gasteiger partial charge in [-0.1, -0.05) is 18.2 Å². The number of benzene rings is 1. The van der Waals surface area contributed by atoms with Crippen LogP contribution in [0.25, 0.3) is 0 Å². The fraction of sp³-hybridized carbons (Fsp3) is 0.100. The number of hydrazine groups is 2. The number of nitrogens with two attached hydrogens (primary N) is 2. The number of rotatable bonds is 4. The van der Waals surface area contributed by atoms with E-state index in [0.29, 0.717) is 5.95 Å². The van der Waals surface area contributed by atoms with Crippen molar-refractivity contribution >= 4 is 23.5 Å². The van der Waals surface area contributed by atoms with Crippen LogP contribution in [0.3, 0.4) is 0 Å². The van der Waals surface area contributed by atoms with E-state index in [1.54, 1.807) is 0 Å². The lowest BCUT2D eigenvalue weighted by atomic mass is 10.2. The predicted molar refractivity (Wildman–Crippen MR) is 69.9 cm³/mol. The van der Waals surface area contributed by atoms with Gasteiger partial charge in [0.25, 0.3) is 0 Å². The molecule has 2 aromatic rings. The first kappa shape index (κ1) is 12.0. The molecule has 0 radical (unpaired) electrons. The summed E-state index contributed by atoms with van der Waals surface area (Å²) in [6.07, 6.45) is 0. The summed E-state index contributed by atoms with van der Waals surface area (Å²) in [4.78, 5) is 12.0. The van der Waals surface area contributed by atoms with E-state index >= 15 is 0 Å². The van der Waals surface area contributed by atoms with Crippen molar-refractivity contribution in [3.8, 4) is 0 Å². The number of nitrogens with one attached hydrogen (secondary N) is 3. The van der Waals surface area contributed by atoms with Crippen molar-refractivity contribution in [1.29, 1.82) is 0 Å². The molecule has 1 aromatic carbocycles. The van der Waals surface area contributed by atoms with Crippen molar-refractivity contribution in [2.75, 3.05) is 16.2 Å². The molecule has 0 saturated carbocycles. The molecule has 94 valence electrons. The maximum Gasteiger partial charge on any atom is 0.243 e. The molecule has 0 unspecified atom stereocenters. The molecule has 2 rings (SSSR count). The molecule has 0 aliphatic rings. The molecule has 0 aliphatic carbocycles. The fourth-order valence-electron chi connectivity index (χ4n) is 1.39. The molecule has 8 heteroatoms. The molecule has 0 atom stereocenters. The van der Waals surface area contributed by atoms with Gasteiger partial charge in [0.15, 0.2) is 0 Å². The van der Waals surface area contributed by atoms with Crippen LogP contribution in [0.5, 0.6) is 0 Å². The minimum absolute atomic E-state index is 0.217. The van der Waals surface area contributed by atoms with E-state index in [-0.39, 0.29) is 11.9 Å². The normalized spacial score (nSPS) is 9.94. The Labute approximate surface area is 104 Å². The summed E-state index contributed by atoms with van der Waals surface area (Å²) in [6.45, 7) is 1.98. The second-order valence-corrected chi connectivity index (χ2v) is 3.53. The predicted octanol–water partition coefficient (Wildman–Crippen LogP) is 0.495. The molecule has 0 spiro atoms. The van der Waals surface area contributed by atoms with Gasteiger partial charge >= 0.3 is 0 Å². The lowest BCUT2D eigenvalue weighted by Crippen LogP contribution is -2.17. The van der Waals surface area contributed by atoms with Crippen LogP contribution in [0.4, 0.5) is 23.5 Å². The van der Waals surface area contributed by atoms with Gasteiger partial charge in [0.2, 0.25) is 17.8 Å². The second-order valence-electron chi connectivity index (χ2n) is 3.53. The number of nitrogen functional groups attached to an aromatic ring is 2. The number of aryl methyl sites for hydroxylation is 1. The molecule has 0 amide bonds. The van der Waals surface area contributed by atoms with Crippen molar-refractivity contribution in [2.45, 2.75) is 6.92 Å². The van der Waals surface area contributed by atoms with Gasteiger partial charge in [0, 0.05) is 5.69 Å². The van der Waals surface area contributed by atoms with Crippen molar-refractivity contribution in [3.05, 3.63) is 29.8 Å². The summed E-state index contributed by atoms with van der Waals surface area (Å²) >= 11 is 0. The molecule has 0 bridgehead atoms. The highest BCUT2D eigenvalue weighted by atomic mass is 15.4. The van der Waals surface area contributed by atoms with E-state index in [0.717, 1.165) is 11.3 Å². The molecule has 0 aliphatic heterocycles. The molecule has 18 heavy (non-hydrogen) atoms. The van der Waals surface area contributed by atoms with E-state index < -0.39 is 0 Å². The zero-order valence-electron chi connectivity index (χ0n) is 9.81. The van der Waals surface area contributed by atoms with Crippen LogP contribution >= 0.6 is 0 Å². The monoisotopic (exact) mass is 246 g/mol. The van der Waals surface area contributed by atoms with Crippen LogP contribution in [0.1, 0.15) is 5.56 Å². The number of hydrogen-bond acceptors (Lipinski definition) is 8. The lowest BCUT2D eigenvalue weighted by Gasteiger charge is -2.09. The van der Waals surface area contributed by atoms with Crippen LogP contribution in [-0.2, 0) is 0 Å². The number of hydrogen-bond donors (Lipinski definition) is 5. The largest absolute Gasteiger partial charge is 0.324 e. The van der Waals surface area contributed by atoms with Crippen LogP contribution in [0.15, 0.2) is 24.3 Å². The number of aromatic nitrogens is 3. The molecule has 1 heterocycles. The third-order valence-electron chi connectivity index (χ3n) is 2.29. The Balaban J connectivity index is 2.31. The van der Waals surface area contributed by atoms with Crippen molar-refractivity contribution in [1.82, 2.24) is 15.0 Å². The third-order valence-corrected chi connectivity index (χ3v) is 2.29. The molecule has 7 N–H and O–H groups in total. The van der Waals surface area contributed by atoms with Crippen LogP contribution in [-0.4, -0.2) is 15.0 Å². The van der Waals surface area contributed by atoms with Gasteiger partial charge in [-0.05, 0) is 18.6 Å². The van der Waals surface area contributed by atoms with E-state index in [1.807, 2.05) is 31.2 Å². The lowest BCUT2D eigenvalue weighted by molar-refractivity contribution is 1.02. The van der Waals surface area contributed by atoms with Gasteiger partial charge in [-0.25, -0.2) is 11.7 Å². The minimum atomic E-state index is 0.217. The van der Waals surface area contributed by atoms with Gasteiger partial charge < -0.3 is 5.32 Å². The zero-order valence-corrected chi connectivity index (χ0v) is 9.81. The second kappa shape index (κ2) is 5.25. The van der Waals surface area contributed by atoms with Crippen LogP contribution < -0.4 is 27.9 Å². The first-order valence-electron chi connectivity index (χ1n) is 5.25. The van der Waals surface area contributed by atoms with Crippen molar-refractivity contribution < 1.29 is 0 Å². The molecular formula is C10H14N8. The highest BCUT2D eigenvalue weighted by Crippen LogP contribution is 2.18. The van der Waals surface area contributed by atoms with Crippen LogP contribution in [0, 0.1) is 6.92 Å². The first-order chi connectivity index (χ1) is 8.72. The Morgan fingerprint density at radius 1 is 0.889 bits per heavy atom. The molecule has 8 nitrogen and oxygen atoms in total. The van der Waals surface area contributed by atoms with E-state index in [1.165, 1.54) is 0 Å². The van der Waals surface area contributed by atoms with Gasteiger partial charge in [-0.3, -0.25) is 10.9 Å².